The number of benzene rings is 1. The molecule has 0 unspecified atom stereocenters. The maximum Gasteiger partial charge on any atom is 0.303 e. The van der Waals surface area contributed by atoms with Crippen molar-refractivity contribution in [3.63, 3.8) is 0 Å². The minimum Gasteiger partial charge on any atom is -0.481 e. The highest BCUT2D eigenvalue weighted by Gasteiger charge is 2.13. The van der Waals surface area contributed by atoms with Crippen LogP contribution in [0.25, 0.3) is 0 Å². The van der Waals surface area contributed by atoms with E-state index in [9.17, 15) is 18.8 Å². The number of rotatable bonds is 8. The summed E-state index contributed by atoms with van der Waals surface area (Å²) in [5, 5.41) is 11.3. The molecule has 1 aromatic rings. The highest BCUT2D eigenvalue weighted by atomic mass is 19.1. The van der Waals surface area contributed by atoms with Crippen molar-refractivity contribution in [3.05, 3.63) is 35.1 Å². The Bertz CT molecular complexity index is 542. The molecule has 6 heteroatoms. The number of carbonyl (C=O) groups excluding carboxylic acids is 2. The summed E-state index contributed by atoms with van der Waals surface area (Å²) < 4.78 is 13.2. The van der Waals surface area contributed by atoms with Gasteiger partial charge in [0, 0.05) is 31.9 Å². The lowest BCUT2D eigenvalue weighted by atomic mass is 9.97. The predicted molar refractivity (Wildman–Crippen MR) is 74.6 cm³/mol. The van der Waals surface area contributed by atoms with E-state index in [0.29, 0.717) is 24.1 Å². The zero-order valence-corrected chi connectivity index (χ0v) is 11.8. The normalized spacial score (nSPS) is 10.2. The van der Waals surface area contributed by atoms with Gasteiger partial charge in [-0.15, -0.1) is 0 Å². The van der Waals surface area contributed by atoms with Crippen molar-refractivity contribution in [2.75, 3.05) is 6.54 Å². The standard InChI is InChI=1S/C15H18FNO4/c1-10(18)17-8-2-3-14(19)13-6-5-12(16)9-11(13)4-7-15(20)21/h5-6,9H,2-4,7-8H2,1H3,(H,17,18)(H,20,21). The van der Waals surface area contributed by atoms with E-state index in [1.54, 1.807) is 0 Å². The Labute approximate surface area is 122 Å². The molecule has 0 saturated carbocycles. The number of aliphatic carboxylic acids is 1. The second-order valence-corrected chi connectivity index (χ2v) is 4.70. The number of hydrogen-bond acceptors (Lipinski definition) is 3. The van der Waals surface area contributed by atoms with E-state index in [-0.39, 0.29) is 31.0 Å². The van der Waals surface area contributed by atoms with Gasteiger partial charge < -0.3 is 10.4 Å². The number of ketones is 1. The molecule has 0 aliphatic rings. The fourth-order valence-electron chi connectivity index (χ4n) is 1.93. The Morgan fingerprint density at radius 1 is 1.24 bits per heavy atom. The Kier molecular flexibility index (Phi) is 6.52. The molecule has 21 heavy (non-hydrogen) atoms. The van der Waals surface area contributed by atoms with Crippen LogP contribution in [0.15, 0.2) is 18.2 Å². The largest absolute Gasteiger partial charge is 0.481 e. The van der Waals surface area contributed by atoms with E-state index in [1.807, 2.05) is 0 Å². The Morgan fingerprint density at radius 2 is 1.95 bits per heavy atom. The Morgan fingerprint density at radius 3 is 2.57 bits per heavy atom. The molecule has 2 N–H and O–H groups in total. The van der Waals surface area contributed by atoms with Crippen LogP contribution in [0, 0.1) is 5.82 Å². The van der Waals surface area contributed by atoms with Gasteiger partial charge in [0.15, 0.2) is 5.78 Å². The molecule has 114 valence electrons. The van der Waals surface area contributed by atoms with Crippen molar-refractivity contribution >= 4 is 17.7 Å². The Balaban J connectivity index is 2.69. The number of carboxylic acids is 1. The SMILES string of the molecule is CC(=O)NCCCC(=O)c1ccc(F)cc1CCC(=O)O. The molecule has 0 spiro atoms. The molecule has 5 nitrogen and oxygen atoms in total. The van der Waals surface area contributed by atoms with Crippen LogP contribution in [0.1, 0.15) is 42.1 Å². The van der Waals surface area contributed by atoms with Crippen molar-refractivity contribution in [2.24, 2.45) is 0 Å². The van der Waals surface area contributed by atoms with Gasteiger partial charge in [0.05, 0.1) is 0 Å². The number of Topliss-reactive ketones (excluding diaryl/α,β-unsaturated/α-hetero) is 1. The van der Waals surface area contributed by atoms with Crippen LogP contribution in [0.5, 0.6) is 0 Å². The third-order valence-electron chi connectivity index (χ3n) is 2.93. The first kappa shape index (κ1) is 16.8. The maximum absolute atomic E-state index is 13.2. The lowest BCUT2D eigenvalue weighted by molar-refractivity contribution is -0.137. The maximum atomic E-state index is 13.2. The molecular weight excluding hydrogens is 277 g/mol. The molecule has 0 heterocycles. The molecule has 0 aliphatic heterocycles. The van der Waals surface area contributed by atoms with E-state index in [0.717, 1.165) is 0 Å². The topological polar surface area (TPSA) is 83.5 Å². The molecule has 0 aliphatic carbocycles. The predicted octanol–water partition coefficient (Wildman–Crippen LogP) is 1.94. The third-order valence-corrected chi connectivity index (χ3v) is 2.93. The van der Waals surface area contributed by atoms with E-state index in [2.05, 4.69) is 5.32 Å². The van der Waals surface area contributed by atoms with E-state index < -0.39 is 11.8 Å². The quantitative estimate of drug-likeness (QED) is 0.567. The number of nitrogens with one attached hydrogen (secondary N) is 1. The van der Waals surface area contributed by atoms with Crippen molar-refractivity contribution in [2.45, 2.75) is 32.6 Å². The molecule has 1 aromatic carbocycles. The Hall–Kier alpha value is -2.24. The van der Waals surface area contributed by atoms with Crippen LogP contribution in [0.2, 0.25) is 0 Å². The molecule has 0 saturated heterocycles. The monoisotopic (exact) mass is 295 g/mol. The summed E-state index contributed by atoms with van der Waals surface area (Å²) in [4.78, 5) is 33.4. The van der Waals surface area contributed by atoms with Gasteiger partial charge in [-0.2, -0.15) is 0 Å². The van der Waals surface area contributed by atoms with Gasteiger partial charge >= 0.3 is 5.97 Å². The van der Waals surface area contributed by atoms with Gasteiger partial charge in [-0.25, -0.2) is 4.39 Å². The highest BCUT2D eigenvalue weighted by Crippen LogP contribution is 2.16. The average molecular weight is 295 g/mol. The summed E-state index contributed by atoms with van der Waals surface area (Å²) in [6.07, 6.45) is 0.648. The molecule has 0 aromatic heterocycles. The summed E-state index contributed by atoms with van der Waals surface area (Å²) in [5.74, 6) is -1.83. The lowest BCUT2D eigenvalue weighted by Gasteiger charge is -2.08. The van der Waals surface area contributed by atoms with Gasteiger partial charge in [-0.05, 0) is 36.6 Å². The first-order chi connectivity index (χ1) is 9.90. The molecule has 0 fully saturated rings. The summed E-state index contributed by atoms with van der Waals surface area (Å²) in [6.45, 7) is 1.79. The first-order valence-electron chi connectivity index (χ1n) is 6.68. The van der Waals surface area contributed by atoms with Gasteiger partial charge in [0.2, 0.25) is 5.91 Å². The van der Waals surface area contributed by atoms with Gasteiger partial charge in [-0.3, -0.25) is 14.4 Å². The summed E-state index contributed by atoms with van der Waals surface area (Å²) in [6, 6.07) is 3.77. The number of aryl methyl sites for hydroxylation is 1. The fraction of sp³-hybridized carbons (Fsp3) is 0.400. The van der Waals surface area contributed by atoms with Crippen LogP contribution < -0.4 is 5.32 Å². The van der Waals surface area contributed by atoms with Crippen molar-refractivity contribution < 1.29 is 23.9 Å². The van der Waals surface area contributed by atoms with Crippen LogP contribution in [-0.4, -0.2) is 29.3 Å². The molecular formula is C15H18FNO4. The number of halogens is 1. The highest BCUT2D eigenvalue weighted by molar-refractivity contribution is 5.97. The van der Waals surface area contributed by atoms with E-state index in [1.165, 1.54) is 25.1 Å². The third kappa shape index (κ3) is 6.16. The van der Waals surface area contributed by atoms with Crippen LogP contribution in [-0.2, 0) is 16.0 Å². The molecule has 1 amide bonds. The minimum atomic E-state index is -0.997. The van der Waals surface area contributed by atoms with Crippen molar-refractivity contribution in [1.82, 2.24) is 5.32 Å². The zero-order valence-electron chi connectivity index (χ0n) is 11.8. The lowest BCUT2D eigenvalue weighted by Crippen LogP contribution is -2.21. The summed E-state index contributed by atoms with van der Waals surface area (Å²) in [5.41, 5.74) is 0.752. The van der Waals surface area contributed by atoms with E-state index in [4.69, 9.17) is 5.11 Å². The van der Waals surface area contributed by atoms with Crippen LogP contribution in [0.4, 0.5) is 4.39 Å². The average Bonchev–Trinajstić information content (AvgIpc) is 2.41. The van der Waals surface area contributed by atoms with Gasteiger partial charge in [0.25, 0.3) is 0 Å². The fourth-order valence-corrected chi connectivity index (χ4v) is 1.93. The number of hydrogen-bond donors (Lipinski definition) is 2. The molecule has 0 bridgehead atoms. The number of carboxylic acid groups (broad SMARTS) is 1. The second kappa shape index (κ2) is 8.14. The van der Waals surface area contributed by atoms with Gasteiger partial charge in [-0.1, -0.05) is 0 Å². The van der Waals surface area contributed by atoms with Gasteiger partial charge in [0.1, 0.15) is 5.82 Å². The molecule has 0 atom stereocenters. The first-order valence-corrected chi connectivity index (χ1v) is 6.68. The van der Waals surface area contributed by atoms with Crippen molar-refractivity contribution in [3.8, 4) is 0 Å². The summed E-state index contributed by atoms with van der Waals surface area (Å²) in [7, 11) is 0. The smallest absolute Gasteiger partial charge is 0.303 e. The molecule has 0 radical (unpaired) electrons. The van der Waals surface area contributed by atoms with E-state index >= 15 is 0 Å². The van der Waals surface area contributed by atoms with Crippen LogP contribution in [0.3, 0.4) is 0 Å². The minimum absolute atomic E-state index is 0.111. The number of carbonyl (C=O) groups is 3. The molecule has 1 rings (SSSR count). The van der Waals surface area contributed by atoms with Crippen LogP contribution >= 0.6 is 0 Å². The van der Waals surface area contributed by atoms with Crippen molar-refractivity contribution in [1.29, 1.82) is 0 Å². The zero-order chi connectivity index (χ0) is 15.8. The number of amides is 1. The summed E-state index contributed by atoms with van der Waals surface area (Å²) >= 11 is 0. The second-order valence-electron chi connectivity index (χ2n) is 4.70.